The van der Waals surface area contributed by atoms with Crippen LogP contribution < -0.4 is 5.32 Å². The van der Waals surface area contributed by atoms with Crippen molar-refractivity contribution < 1.29 is 14.7 Å². The summed E-state index contributed by atoms with van der Waals surface area (Å²) in [5, 5.41) is 11.9. The SMILES string of the molecule is Cc1cc(Br)c(NC(=O)C2C(C(=O)O)C2(C)C)c(Br)c1. The Morgan fingerprint density at radius 2 is 1.70 bits per heavy atom. The first-order valence-corrected chi connectivity index (χ1v) is 7.74. The van der Waals surface area contributed by atoms with E-state index >= 15 is 0 Å². The Morgan fingerprint density at radius 3 is 2.10 bits per heavy atom. The molecule has 0 radical (unpaired) electrons. The summed E-state index contributed by atoms with van der Waals surface area (Å²) in [6.07, 6.45) is 0. The van der Waals surface area contributed by atoms with E-state index in [1.165, 1.54) is 0 Å². The van der Waals surface area contributed by atoms with Gasteiger partial charge in [0.05, 0.1) is 17.5 Å². The van der Waals surface area contributed by atoms with Crippen molar-refractivity contribution in [3.63, 3.8) is 0 Å². The van der Waals surface area contributed by atoms with Crippen molar-refractivity contribution in [1.82, 2.24) is 0 Å². The highest BCUT2D eigenvalue weighted by Gasteiger charge is 2.65. The van der Waals surface area contributed by atoms with Crippen LogP contribution in [0.25, 0.3) is 0 Å². The Kier molecular flexibility index (Phi) is 3.99. The van der Waals surface area contributed by atoms with Crippen molar-refractivity contribution in [2.75, 3.05) is 5.32 Å². The number of aryl methyl sites for hydroxylation is 1. The van der Waals surface area contributed by atoms with Crippen LogP contribution in [0.4, 0.5) is 5.69 Å². The molecule has 1 aromatic rings. The minimum absolute atomic E-state index is 0.257. The van der Waals surface area contributed by atoms with Crippen molar-refractivity contribution in [1.29, 1.82) is 0 Å². The smallest absolute Gasteiger partial charge is 0.307 e. The fourth-order valence-corrected chi connectivity index (χ4v) is 4.22. The summed E-state index contributed by atoms with van der Waals surface area (Å²) < 4.78 is 1.53. The average molecular weight is 405 g/mol. The lowest BCUT2D eigenvalue weighted by atomic mass is 10.1. The highest BCUT2D eigenvalue weighted by molar-refractivity contribution is 9.11. The first-order valence-electron chi connectivity index (χ1n) is 6.15. The maximum atomic E-state index is 12.3. The standard InChI is InChI=1S/C14H15Br2NO3/c1-6-4-7(15)11(8(16)5-6)17-12(18)9-10(13(19)20)14(9,2)3/h4-5,9-10H,1-3H3,(H,17,18)(H,19,20). The van der Waals surface area contributed by atoms with E-state index in [4.69, 9.17) is 5.11 Å². The molecule has 0 bridgehead atoms. The van der Waals surface area contributed by atoms with Gasteiger partial charge in [0.15, 0.2) is 0 Å². The van der Waals surface area contributed by atoms with Crippen LogP contribution in [0.15, 0.2) is 21.1 Å². The lowest BCUT2D eigenvalue weighted by Crippen LogP contribution is -2.18. The molecule has 6 heteroatoms. The molecule has 1 amide bonds. The largest absolute Gasteiger partial charge is 0.481 e. The summed E-state index contributed by atoms with van der Waals surface area (Å²) in [6.45, 7) is 5.55. The number of carbonyl (C=O) groups excluding carboxylic acids is 1. The predicted octanol–water partition coefficient (Wildman–Crippen LogP) is 3.82. The van der Waals surface area contributed by atoms with Gasteiger partial charge in [0, 0.05) is 8.95 Å². The van der Waals surface area contributed by atoms with Crippen LogP contribution in [0.3, 0.4) is 0 Å². The fourth-order valence-electron chi connectivity index (χ4n) is 2.61. The Bertz CT molecular complexity index is 575. The van der Waals surface area contributed by atoms with Gasteiger partial charge >= 0.3 is 5.97 Å². The molecule has 4 nitrogen and oxygen atoms in total. The Labute approximate surface area is 134 Å². The summed E-state index contributed by atoms with van der Waals surface area (Å²) in [4.78, 5) is 23.4. The van der Waals surface area contributed by atoms with E-state index in [1.807, 2.05) is 19.1 Å². The number of nitrogens with one attached hydrogen (secondary N) is 1. The van der Waals surface area contributed by atoms with Crippen LogP contribution in [-0.2, 0) is 9.59 Å². The van der Waals surface area contributed by atoms with Gasteiger partial charge < -0.3 is 10.4 Å². The number of anilines is 1. The zero-order chi connectivity index (χ0) is 15.2. The molecule has 2 atom stereocenters. The van der Waals surface area contributed by atoms with Gasteiger partial charge in [-0.05, 0) is 61.9 Å². The third-order valence-corrected chi connectivity index (χ3v) is 5.06. The van der Waals surface area contributed by atoms with E-state index in [2.05, 4.69) is 37.2 Å². The molecule has 1 aromatic carbocycles. The topological polar surface area (TPSA) is 66.4 Å². The summed E-state index contributed by atoms with van der Waals surface area (Å²) in [5.74, 6) is -2.30. The molecule has 0 aliphatic heterocycles. The first-order chi connectivity index (χ1) is 9.16. The molecule has 20 heavy (non-hydrogen) atoms. The number of aliphatic carboxylic acids is 1. The maximum Gasteiger partial charge on any atom is 0.307 e. The summed E-state index contributed by atoms with van der Waals surface area (Å²) in [7, 11) is 0. The first kappa shape index (κ1) is 15.5. The summed E-state index contributed by atoms with van der Waals surface area (Å²) in [5.41, 5.74) is 1.18. The summed E-state index contributed by atoms with van der Waals surface area (Å²) in [6, 6.07) is 3.79. The molecule has 0 aromatic heterocycles. The highest BCUT2D eigenvalue weighted by Crippen LogP contribution is 2.58. The number of benzene rings is 1. The summed E-state index contributed by atoms with van der Waals surface area (Å²) >= 11 is 6.82. The molecule has 2 N–H and O–H groups in total. The zero-order valence-electron chi connectivity index (χ0n) is 11.3. The molecule has 2 rings (SSSR count). The van der Waals surface area contributed by atoms with Crippen molar-refractivity contribution in [3.8, 4) is 0 Å². The van der Waals surface area contributed by atoms with Crippen molar-refractivity contribution in [2.45, 2.75) is 20.8 Å². The molecule has 0 heterocycles. The van der Waals surface area contributed by atoms with E-state index in [9.17, 15) is 9.59 Å². The van der Waals surface area contributed by atoms with Crippen LogP contribution in [-0.4, -0.2) is 17.0 Å². The van der Waals surface area contributed by atoms with Gasteiger partial charge in [-0.15, -0.1) is 0 Å². The van der Waals surface area contributed by atoms with Crippen LogP contribution in [0.5, 0.6) is 0 Å². The predicted molar refractivity (Wildman–Crippen MR) is 83.6 cm³/mol. The number of halogens is 2. The third kappa shape index (κ3) is 2.63. The zero-order valence-corrected chi connectivity index (χ0v) is 14.5. The van der Waals surface area contributed by atoms with Crippen molar-refractivity contribution in [3.05, 3.63) is 26.6 Å². The monoisotopic (exact) mass is 403 g/mol. The van der Waals surface area contributed by atoms with Gasteiger partial charge in [0.1, 0.15) is 0 Å². The number of hydrogen-bond acceptors (Lipinski definition) is 2. The molecule has 0 spiro atoms. The second kappa shape index (κ2) is 5.15. The van der Waals surface area contributed by atoms with Gasteiger partial charge in [0.25, 0.3) is 0 Å². The molecule has 108 valence electrons. The Hall–Kier alpha value is -0.880. The van der Waals surface area contributed by atoms with E-state index in [-0.39, 0.29) is 5.91 Å². The number of carboxylic acids is 1. The van der Waals surface area contributed by atoms with Crippen LogP contribution in [0.2, 0.25) is 0 Å². The molecule has 1 aliphatic carbocycles. The van der Waals surface area contributed by atoms with Gasteiger partial charge in [-0.3, -0.25) is 9.59 Å². The Balaban J connectivity index is 2.20. The fraction of sp³-hybridized carbons (Fsp3) is 0.429. The van der Waals surface area contributed by atoms with E-state index in [0.717, 1.165) is 14.5 Å². The maximum absolute atomic E-state index is 12.3. The quantitative estimate of drug-likeness (QED) is 0.804. The number of hydrogen-bond donors (Lipinski definition) is 2. The van der Waals surface area contributed by atoms with Crippen LogP contribution >= 0.6 is 31.9 Å². The van der Waals surface area contributed by atoms with E-state index in [0.29, 0.717) is 5.69 Å². The van der Waals surface area contributed by atoms with Gasteiger partial charge in [-0.1, -0.05) is 13.8 Å². The second-order valence-corrected chi connectivity index (χ2v) is 7.42. The third-order valence-electron chi connectivity index (χ3n) is 3.81. The lowest BCUT2D eigenvalue weighted by molar-refractivity contribution is -0.140. The van der Waals surface area contributed by atoms with Crippen molar-refractivity contribution >= 4 is 49.4 Å². The van der Waals surface area contributed by atoms with Gasteiger partial charge in [-0.25, -0.2) is 0 Å². The van der Waals surface area contributed by atoms with Gasteiger partial charge in [0.2, 0.25) is 5.91 Å². The molecule has 2 unspecified atom stereocenters. The van der Waals surface area contributed by atoms with Gasteiger partial charge in [-0.2, -0.15) is 0 Å². The number of amides is 1. The van der Waals surface area contributed by atoms with E-state index < -0.39 is 23.2 Å². The minimum atomic E-state index is -0.919. The number of rotatable bonds is 3. The minimum Gasteiger partial charge on any atom is -0.481 e. The highest BCUT2D eigenvalue weighted by atomic mass is 79.9. The second-order valence-electron chi connectivity index (χ2n) is 5.71. The number of carbonyl (C=O) groups is 2. The molecule has 0 saturated heterocycles. The molecule has 1 fully saturated rings. The van der Waals surface area contributed by atoms with Crippen LogP contribution in [0.1, 0.15) is 19.4 Å². The molecular formula is C14H15Br2NO3. The average Bonchev–Trinajstić information content (AvgIpc) is 2.86. The Morgan fingerprint density at radius 1 is 1.20 bits per heavy atom. The normalized spacial score (nSPS) is 23.2. The van der Waals surface area contributed by atoms with E-state index in [1.54, 1.807) is 13.8 Å². The molecule has 1 aliphatic rings. The number of carboxylic acid groups (broad SMARTS) is 1. The van der Waals surface area contributed by atoms with Crippen LogP contribution in [0, 0.1) is 24.2 Å². The molecular weight excluding hydrogens is 390 g/mol. The molecule has 1 saturated carbocycles. The van der Waals surface area contributed by atoms with Crippen molar-refractivity contribution in [2.24, 2.45) is 17.3 Å². The lowest BCUT2D eigenvalue weighted by Gasteiger charge is -2.11.